The summed E-state index contributed by atoms with van der Waals surface area (Å²) in [7, 11) is 0. The van der Waals surface area contributed by atoms with Crippen molar-refractivity contribution in [2.24, 2.45) is 5.92 Å². The van der Waals surface area contributed by atoms with Crippen molar-refractivity contribution >= 4 is 17.7 Å². The Bertz CT molecular complexity index is 969. The number of amides is 3. The highest BCUT2D eigenvalue weighted by molar-refractivity contribution is 6.21. The van der Waals surface area contributed by atoms with Gasteiger partial charge in [-0.3, -0.25) is 19.3 Å². The molecular weight excluding hydrogens is 404 g/mol. The number of benzene rings is 2. The first kappa shape index (κ1) is 21.8. The minimum absolute atomic E-state index is 0.0792. The van der Waals surface area contributed by atoms with E-state index in [1.54, 1.807) is 30.3 Å². The Hall–Kier alpha value is -3.41. The Morgan fingerprint density at radius 2 is 1.59 bits per heavy atom. The molecule has 1 fully saturated rings. The van der Waals surface area contributed by atoms with Crippen LogP contribution in [0.4, 0.5) is 0 Å². The lowest BCUT2D eigenvalue weighted by Crippen LogP contribution is -2.44. The Kier molecular flexibility index (Phi) is 6.69. The fraction of sp³-hybridized carbons (Fsp3) is 0.346. The van der Waals surface area contributed by atoms with Gasteiger partial charge in [0.1, 0.15) is 5.75 Å². The highest BCUT2D eigenvalue weighted by atomic mass is 16.5. The summed E-state index contributed by atoms with van der Waals surface area (Å²) in [6.07, 6.45) is 4.59. The normalized spacial score (nSPS) is 20.1. The van der Waals surface area contributed by atoms with E-state index in [0.29, 0.717) is 37.1 Å². The maximum absolute atomic E-state index is 13.0. The van der Waals surface area contributed by atoms with Crippen molar-refractivity contribution in [2.75, 3.05) is 19.7 Å². The van der Waals surface area contributed by atoms with Gasteiger partial charge in [-0.2, -0.15) is 0 Å². The van der Waals surface area contributed by atoms with E-state index in [0.717, 1.165) is 18.6 Å². The van der Waals surface area contributed by atoms with Crippen LogP contribution >= 0.6 is 0 Å². The summed E-state index contributed by atoms with van der Waals surface area (Å²) in [5, 5.41) is 0. The van der Waals surface area contributed by atoms with Crippen molar-refractivity contribution in [1.82, 2.24) is 9.80 Å². The number of para-hydroxylation sites is 1. The van der Waals surface area contributed by atoms with Gasteiger partial charge in [0.25, 0.3) is 11.8 Å². The van der Waals surface area contributed by atoms with E-state index in [4.69, 9.17) is 4.74 Å². The second-order valence-corrected chi connectivity index (χ2v) is 8.28. The number of hydrogen-bond acceptors (Lipinski definition) is 4. The minimum atomic E-state index is -0.276. The maximum atomic E-state index is 13.0. The van der Waals surface area contributed by atoms with Crippen molar-refractivity contribution < 1.29 is 19.1 Å². The van der Waals surface area contributed by atoms with Crippen molar-refractivity contribution in [1.29, 1.82) is 0 Å². The van der Waals surface area contributed by atoms with E-state index in [1.165, 1.54) is 4.90 Å². The smallest absolute Gasteiger partial charge is 0.261 e. The predicted octanol–water partition coefficient (Wildman–Crippen LogP) is 3.94. The van der Waals surface area contributed by atoms with Crippen molar-refractivity contribution in [2.45, 2.75) is 31.7 Å². The summed E-state index contributed by atoms with van der Waals surface area (Å²) >= 11 is 0. The van der Waals surface area contributed by atoms with Crippen LogP contribution in [-0.2, 0) is 4.79 Å². The van der Waals surface area contributed by atoms with Crippen LogP contribution in [0, 0.1) is 5.92 Å². The van der Waals surface area contributed by atoms with E-state index in [-0.39, 0.29) is 36.2 Å². The molecule has 2 aliphatic rings. The molecule has 0 aliphatic carbocycles. The van der Waals surface area contributed by atoms with E-state index < -0.39 is 0 Å². The van der Waals surface area contributed by atoms with Crippen LogP contribution < -0.4 is 4.74 Å². The zero-order chi connectivity index (χ0) is 22.5. The maximum Gasteiger partial charge on any atom is 0.261 e. The fourth-order valence-corrected chi connectivity index (χ4v) is 4.54. The molecule has 0 N–H and O–H groups in total. The van der Waals surface area contributed by atoms with Gasteiger partial charge in [0.2, 0.25) is 5.91 Å². The second kappa shape index (κ2) is 9.81. The molecule has 0 radical (unpaired) electrons. The van der Waals surface area contributed by atoms with E-state index in [1.807, 2.05) is 35.2 Å². The molecule has 2 atom stereocenters. The van der Waals surface area contributed by atoms with Crippen LogP contribution in [0.5, 0.6) is 5.75 Å². The van der Waals surface area contributed by atoms with Crippen LogP contribution in [0.25, 0.3) is 0 Å². The molecule has 2 aromatic rings. The molecule has 0 unspecified atom stereocenters. The number of allylic oxidation sites excluding steroid dienone is 1. The number of carbonyl (C=O) groups is 3. The lowest BCUT2D eigenvalue weighted by molar-refractivity contribution is -0.132. The fourth-order valence-electron chi connectivity index (χ4n) is 4.54. The second-order valence-electron chi connectivity index (χ2n) is 8.28. The summed E-state index contributed by atoms with van der Waals surface area (Å²) in [5.41, 5.74) is 0.878. The third-order valence-corrected chi connectivity index (χ3v) is 6.16. The number of likely N-dealkylation sites (tertiary alicyclic amines) is 1. The highest BCUT2D eigenvalue weighted by Gasteiger charge is 2.43. The number of imide groups is 1. The van der Waals surface area contributed by atoms with Crippen LogP contribution in [-0.4, -0.2) is 53.3 Å². The lowest BCUT2D eigenvalue weighted by atomic mass is 10.0. The zero-order valence-corrected chi connectivity index (χ0v) is 18.1. The summed E-state index contributed by atoms with van der Waals surface area (Å²) in [6.45, 7) is 5.16. The summed E-state index contributed by atoms with van der Waals surface area (Å²) < 4.78 is 5.74. The van der Waals surface area contributed by atoms with Gasteiger partial charge in [0, 0.05) is 19.0 Å². The molecule has 166 valence electrons. The Morgan fingerprint density at radius 3 is 2.25 bits per heavy atom. The SMILES string of the molecule is C=CC[C@@H]1C[C@@H](CN2C(=O)c3ccccc3C2=O)N(CCCCOc2ccccc2)C1=O. The molecule has 2 aromatic carbocycles. The molecular formula is C26H28N2O4. The van der Waals surface area contributed by atoms with Crippen LogP contribution in [0.1, 0.15) is 46.4 Å². The molecule has 6 nitrogen and oxygen atoms in total. The third kappa shape index (κ3) is 4.44. The first-order valence-electron chi connectivity index (χ1n) is 11.1. The minimum Gasteiger partial charge on any atom is -0.494 e. The number of nitrogens with zero attached hydrogens (tertiary/aromatic N) is 2. The molecule has 6 heteroatoms. The van der Waals surface area contributed by atoms with Crippen LogP contribution in [0.15, 0.2) is 67.3 Å². The number of unbranched alkanes of at least 4 members (excludes halogenated alkanes) is 1. The highest BCUT2D eigenvalue weighted by Crippen LogP contribution is 2.31. The molecule has 1 saturated heterocycles. The van der Waals surface area contributed by atoms with Gasteiger partial charge in [-0.25, -0.2) is 0 Å². The standard InChI is InChI=1S/C26H28N2O4/c1-2-10-19-17-20(18-28-25(30)22-13-6-7-14-23(22)26(28)31)27(24(19)29)15-8-9-16-32-21-11-4-3-5-12-21/h2-7,11-14,19-20H,1,8-10,15-18H2/t19-,20+/m1/s1. The van der Waals surface area contributed by atoms with Gasteiger partial charge in [0.05, 0.1) is 23.8 Å². The van der Waals surface area contributed by atoms with Crippen LogP contribution in [0.3, 0.4) is 0 Å². The lowest BCUT2D eigenvalue weighted by Gasteiger charge is -2.28. The molecule has 0 saturated carbocycles. The van der Waals surface area contributed by atoms with Crippen molar-refractivity contribution in [3.8, 4) is 5.75 Å². The Balaban J connectivity index is 1.37. The molecule has 0 bridgehead atoms. The van der Waals surface area contributed by atoms with Crippen molar-refractivity contribution in [3.05, 3.63) is 78.4 Å². The first-order valence-corrected chi connectivity index (χ1v) is 11.1. The van der Waals surface area contributed by atoms with Crippen molar-refractivity contribution in [3.63, 3.8) is 0 Å². The molecule has 3 amide bonds. The Labute approximate surface area is 188 Å². The Morgan fingerprint density at radius 1 is 0.938 bits per heavy atom. The van der Waals surface area contributed by atoms with Gasteiger partial charge >= 0.3 is 0 Å². The summed E-state index contributed by atoms with van der Waals surface area (Å²) in [4.78, 5) is 41.7. The molecule has 32 heavy (non-hydrogen) atoms. The average Bonchev–Trinajstić information content (AvgIpc) is 3.23. The summed E-state index contributed by atoms with van der Waals surface area (Å²) in [6, 6.07) is 16.4. The average molecular weight is 433 g/mol. The van der Waals surface area contributed by atoms with Gasteiger partial charge < -0.3 is 9.64 Å². The van der Waals surface area contributed by atoms with E-state index >= 15 is 0 Å². The monoisotopic (exact) mass is 432 g/mol. The quantitative estimate of drug-likeness (QED) is 0.324. The van der Waals surface area contributed by atoms with Gasteiger partial charge in [-0.1, -0.05) is 36.4 Å². The number of ether oxygens (including phenoxy) is 1. The van der Waals surface area contributed by atoms with E-state index in [2.05, 4.69) is 6.58 Å². The molecule has 0 aromatic heterocycles. The number of carbonyl (C=O) groups excluding carboxylic acids is 3. The van der Waals surface area contributed by atoms with Crippen LogP contribution in [0.2, 0.25) is 0 Å². The summed E-state index contributed by atoms with van der Waals surface area (Å²) in [5.74, 6) is 0.214. The molecule has 4 rings (SSSR count). The van der Waals surface area contributed by atoms with Gasteiger partial charge in [0.15, 0.2) is 0 Å². The number of rotatable bonds is 10. The third-order valence-electron chi connectivity index (χ3n) is 6.16. The topological polar surface area (TPSA) is 66.9 Å². The zero-order valence-electron chi connectivity index (χ0n) is 18.1. The van der Waals surface area contributed by atoms with Gasteiger partial charge in [-0.15, -0.1) is 6.58 Å². The number of hydrogen-bond donors (Lipinski definition) is 0. The predicted molar refractivity (Wildman–Crippen MR) is 121 cm³/mol. The molecule has 0 spiro atoms. The molecule has 2 heterocycles. The van der Waals surface area contributed by atoms with E-state index in [9.17, 15) is 14.4 Å². The largest absolute Gasteiger partial charge is 0.494 e. The van der Waals surface area contributed by atoms with Gasteiger partial charge in [-0.05, 0) is 49.9 Å². The molecule has 2 aliphatic heterocycles. The number of fused-ring (bicyclic) bond motifs is 1. The first-order chi connectivity index (χ1) is 15.6.